The Hall–Kier alpha value is -1.86. The number of aliphatic hydroxyl groups is 1. The normalized spacial score (nSPS) is 8.93. The topological polar surface area (TPSA) is 70.4 Å². The Morgan fingerprint density at radius 3 is 2.79 bits per heavy atom. The second-order valence-corrected chi connectivity index (χ2v) is 2.51. The van der Waals surface area contributed by atoms with E-state index in [0.717, 1.165) is 0 Å². The van der Waals surface area contributed by atoms with Crippen LogP contribution in [0.15, 0.2) is 18.3 Å². The third kappa shape index (κ3) is 2.88. The van der Waals surface area contributed by atoms with Crippen molar-refractivity contribution in [2.45, 2.75) is 6.42 Å². The van der Waals surface area contributed by atoms with Crippen LogP contribution in [0.4, 0.5) is 0 Å². The molecule has 4 heteroatoms. The second kappa shape index (κ2) is 5.00. The smallest absolute Gasteiger partial charge is 0.354 e. The summed E-state index contributed by atoms with van der Waals surface area (Å²) < 4.78 is 0. The Morgan fingerprint density at radius 2 is 2.29 bits per heavy atom. The van der Waals surface area contributed by atoms with E-state index in [9.17, 15) is 4.79 Å². The summed E-state index contributed by atoms with van der Waals surface area (Å²) >= 11 is 0. The maximum Gasteiger partial charge on any atom is 0.354 e. The van der Waals surface area contributed by atoms with Crippen LogP contribution in [0.1, 0.15) is 22.5 Å². The van der Waals surface area contributed by atoms with Gasteiger partial charge in [-0.25, -0.2) is 9.78 Å². The van der Waals surface area contributed by atoms with Gasteiger partial charge in [-0.1, -0.05) is 11.8 Å². The highest BCUT2D eigenvalue weighted by Gasteiger charge is 2.01. The van der Waals surface area contributed by atoms with E-state index in [1.54, 1.807) is 6.07 Å². The van der Waals surface area contributed by atoms with Crippen LogP contribution < -0.4 is 0 Å². The van der Waals surface area contributed by atoms with E-state index in [1.165, 1.54) is 12.3 Å². The molecule has 0 aliphatic carbocycles. The quantitative estimate of drug-likeness (QED) is 0.668. The van der Waals surface area contributed by atoms with Crippen LogP contribution in [0.5, 0.6) is 0 Å². The number of carboxylic acid groups (broad SMARTS) is 1. The number of carbonyl (C=O) groups is 1. The minimum absolute atomic E-state index is 0.00212. The van der Waals surface area contributed by atoms with Crippen molar-refractivity contribution >= 4 is 5.97 Å². The summed E-state index contributed by atoms with van der Waals surface area (Å²) in [7, 11) is 0. The van der Waals surface area contributed by atoms with Gasteiger partial charge in [-0.2, -0.15) is 0 Å². The third-order valence-electron chi connectivity index (χ3n) is 1.45. The molecule has 1 aromatic rings. The summed E-state index contributed by atoms with van der Waals surface area (Å²) in [6.45, 7) is 0.0215. The van der Waals surface area contributed by atoms with Crippen molar-refractivity contribution in [1.29, 1.82) is 0 Å². The largest absolute Gasteiger partial charge is 0.477 e. The summed E-state index contributed by atoms with van der Waals surface area (Å²) in [5, 5.41) is 17.0. The van der Waals surface area contributed by atoms with Gasteiger partial charge >= 0.3 is 5.97 Å². The van der Waals surface area contributed by atoms with Gasteiger partial charge in [0.1, 0.15) is 5.69 Å². The number of aromatic carboxylic acids is 1. The molecule has 0 bridgehead atoms. The molecule has 0 unspecified atom stereocenters. The number of hydrogen-bond donors (Lipinski definition) is 2. The Kier molecular flexibility index (Phi) is 3.65. The first-order valence-corrected chi connectivity index (χ1v) is 4.03. The summed E-state index contributed by atoms with van der Waals surface area (Å²) in [6, 6.07) is 2.98. The fraction of sp³-hybridized carbons (Fsp3) is 0.200. The molecule has 4 nitrogen and oxygen atoms in total. The summed E-state index contributed by atoms with van der Waals surface area (Å²) in [5.41, 5.74) is 0.640. The number of pyridine rings is 1. The lowest BCUT2D eigenvalue weighted by Crippen LogP contribution is -1.99. The number of rotatable bonds is 2. The molecular formula is C10H9NO3. The maximum atomic E-state index is 10.4. The van der Waals surface area contributed by atoms with Crippen molar-refractivity contribution in [3.63, 3.8) is 0 Å². The van der Waals surface area contributed by atoms with E-state index in [-0.39, 0.29) is 12.3 Å². The van der Waals surface area contributed by atoms with Crippen molar-refractivity contribution in [2.24, 2.45) is 0 Å². The van der Waals surface area contributed by atoms with E-state index >= 15 is 0 Å². The van der Waals surface area contributed by atoms with Gasteiger partial charge in [-0.05, 0) is 12.1 Å². The Balaban J connectivity index is 2.75. The number of aromatic nitrogens is 1. The average molecular weight is 191 g/mol. The van der Waals surface area contributed by atoms with E-state index in [1.807, 2.05) is 0 Å². The van der Waals surface area contributed by atoms with E-state index in [0.29, 0.717) is 12.0 Å². The van der Waals surface area contributed by atoms with Crippen LogP contribution >= 0.6 is 0 Å². The van der Waals surface area contributed by atoms with Crippen molar-refractivity contribution < 1.29 is 15.0 Å². The monoisotopic (exact) mass is 191 g/mol. The van der Waals surface area contributed by atoms with Crippen LogP contribution in [0.2, 0.25) is 0 Å². The Labute approximate surface area is 81.2 Å². The Bertz CT molecular complexity index is 373. The third-order valence-corrected chi connectivity index (χ3v) is 1.45. The Morgan fingerprint density at radius 1 is 1.50 bits per heavy atom. The molecule has 0 fully saturated rings. The first-order valence-electron chi connectivity index (χ1n) is 4.03. The van der Waals surface area contributed by atoms with E-state index < -0.39 is 5.97 Å². The maximum absolute atomic E-state index is 10.4. The van der Waals surface area contributed by atoms with Crippen LogP contribution in [0.3, 0.4) is 0 Å². The molecule has 0 aliphatic rings. The van der Waals surface area contributed by atoms with E-state index in [2.05, 4.69) is 16.8 Å². The van der Waals surface area contributed by atoms with Gasteiger partial charge in [-0.3, -0.25) is 0 Å². The van der Waals surface area contributed by atoms with Crippen molar-refractivity contribution in [2.75, 3.05) is 6.61 Å². The molecule has 0 amide bonds. The highest BCUT2D eigenvalue weighted by atomic mass is 16.4. The van der Waals surface area contributed by atoms with Crippen molar-refractivity contribution in [1.82, 2.24) is 4.98 Å². The fourth-order valence-corrected chi connectivity index (χ4v) is 0.815. The van der Waals surface area contributed by atoms with Crippen LogP contribution in [0, 0.1) is 11.8 Å². The number of aliphatic hydroxyl groups excluding tert-OH is 1. The van der Waals surface area contributed by atoms with Gasteiger partial charge in [0.15, 0.2) is 0 Å². The molecule has 1 rings (SSSR count). The molecular weight excluding hydrogens is 182 g/mol. The van der Waals surface area contributed by atoms with Crippen LogP contribution in [0.25, 0.3) is 0 Å². The summed E-state index contributed by atoms with van der Waals surface area (Å²) in [4.78, 5) is 14.1. The lowest BCUT2D eigenvalue weighted by Gasteiger charge is -1.92. The average Bonchev–Trinajstić information content (AvgIpc) is 2.19. The molecule has 14 heavy (non-hydrogen) atoms. The number of carboxylic acids is 1. The lowest BCUT2D eigenvalue weighted by atomic mass is 10.2. The van der Waals surface area contributed by atoms with Gasteiger partial charge < -0.3 is 10.2 Å². The molecule has 1 aromatic heterocycles. The minimum atomic E-state index is -1.06. The zero-order valence-corrected chi connectivity index (χ0v) is 7.40. The molecule has 2 N–H and O–H groups in total. The van der Waals surface area contributed by atoms with Crippen molar-refractivity contribution in [3.05, 3.63) is 29.6 Å². The molecule has 0 atom stereocenters. The molecule has 72 valence electrons. The first-order chi connectivity index (χ1) is 6.74. The van der Waals surface area contributed by atoms with Crippen LogP contribution in [-0.2, 0) is 0 Å². The number of nitrogens with zero attached hydrogens (tertiary/aromatic N) is 1. The first kappa shape index (κ1) is 10.2. The van der Waals surface area contributed by atoms with Crippen LogP contribution in [-0.4, -0.2) is 27.8 Å². The molecule has 0 aromatic carbocycles. The second-order valence-electron chi connectivity index (χ2n) is 2.51. The summed E-state index contributed by atoms with van der Waals surface area (Å²) in [6.07, 6.45) is 1.80. The van der Waals surface area contributed by atoms with Gasteiger partial charge in [0.05, 0.1) is 6.61 Å². The number of hydrogen-bond acceptors (Lipinski definition) is 3. The van der Waals surface area contributed by atoms with E-state index in [4.69, 9.17) is 10.2 Å². The molecule has 0 saturated heterocycles. The predicted molar refractivity (Wildman–Crippen MR) is 49.8 cm³/mol. The fourth-order valence-electron chi connectivity index (χ4n) is 0.815. The molecule has 1 heterocycles. The minimum Gasteiger partial charge on any atom is -0.477 e. The van der Waals surface area contributed by atoms with Gasteiger partial charge in [0.2, 0.25) is 0 Å². The zero-order chi connectivity index (χ0) is 10.4. The molecule has 0 radical (unpaired) electrons. The van der Waals surface area contributed by atoms with Gasteiger partial charge in [-0.15, -0.1) is 0 Å². The molecule has 0 aliphatic heterocycles. The highest BCUT2D eigenvalue weighted by Crippen LogP contribution is 1.98. The van der Waals surface area contributed by atoms with Gasteiger partial charge in [0, 0.05) is 18.2 Å². The van der Waals surface area contributed by atoms with Crippen molar-refractivity contribution in [3.8, 4) is 11.8 Å². The lowest BCUT2D eigenvalue weighted by molar-refractivity contribution is 0.0690. The predicted octanol–water partition coefficient (Wildman–Crippen LogP) is 0.514. The SMILES string of the molecule is O=C(O)c1ccc(C#CCCO)cn1. The zero-order valence-electron chi connectivity index (χ0n) is 7.40. The standard InChI is InChI=1S/C10H9NO3/c12-6-2-1-3-8-4-5-9(10(13)14)11-7-8/h4-5,7,12H,2,6H2,(H,13,14). The molecule has 0 spiro atoms. The molecule has 0 saturated carbocycles. The van der Waals surface area contributed by atoms with Gasteiger partial charge in [0.25, 0.3) is 0 Å². The summed E-state index contributed by atoms with van der Waals surface area (Å²) in [5.74, 6) is 4.40. The highest BCUT2D eigenvalue weighted by molar-refractivity contribution is 5.85.